The van der Waals surface area contributed by atoms with E-state index in [1.165, 1.54) is 18.2 Å². The van der Waals surface area contributed by atoms with Crippen LogP contribution in [0.4, 0.5) is 25.8 Å². The largest absolute Gasteiger partial charge is 0.505 e. The summed E-state index contributed by atoms with van der Waals surface area (Å²) in [5, 5.41) is 13.5. The zero-order valence-electron chi connectivity index (χ0n) is 14.1. The van der Waals surface area contributed by atoms with Crippen molar-refractivity contribution >= 4 is 45.2 Å². The molecule has 1 aliphatic heterocycles. The molecule has 1 fully saturated rings. The van der Waals surface area contributed by atoms with E-state index in [1.54, 1.807) is 19.1 Å². The second-order valence-corrected chi connectivity index (χ2v) is 7.86. The summed E-state index contributed by atoms with van der Waals surface area (Å²) in [7, 11) is 0. The zero-order chi connectivity index (χ0) is 18.6. The Morgan fingerprint density at radius 3 is 2.58 bits per heavy atom. The van der Waals surface area contributed by atoms with E-state index in [4.69, 9.17) is 0 Å². The number of fused-ring (bicyclic) bond motifs is 1. The van der Waals surface area contributed by atoms with Gasteiger partial charge in [-0.3, -0.25) is 0 Å². The lowest BCUT2D eigenvalue weighted by atomic mass is 9.94. The van der Waals surface area contributed by atoms with Gasteiger partial charge in [0.25, 0.3) is 0 Å². The van der Waals surface area contributed by atoms with E-state index in [-0.39, 0.29) is 17.5 Å². The molecule has 0 saturated heterocycles. The van der Waals surface area contributed by atoms with Gasteiger partial charge in [0.15, 0.2) is 0 Å². The quantitative estimate of drug-likeness (QED) is 0.537. The lowest BCUT2D eigenvalue weighted by Gasteiger charge is -2.34. The van der Waals surface area contributed by atoms with Crippen molar-refractivity contribution in [3.8, 4) is 0 Å². The van der Waals surface area contributed by atoms with E-state index in [0.29, 0.717) is 28.2 Å². The van der Waals surface area contributed by atoms with Gasteiger partial charge in [-0.1, -0.05) is 6.58 Å². The molecule has 0 radical (unpaired) electrons. The number of nitrogens with one attached hydrogen (secondary N) is 1. The van der Waals surface area contributed by atoms with Crippen LogP contribution in [0.25, 0.3) is 5.57 Å². The fraction of sp³-hybridized carbons (Fsp3) is 0.200. The molecule has 26 heavy (non-hydrogen) atoms. The van der Waals surface area contributed by atoms with Crippen molar-refractivity contribution < 1.29 is 13.9 Å². The Labute approximate surface area is 164 Å². The summed E-state index contributed by atoms with van der Waals surface area (Å²) in [6.45, 7) is 5.78. The van der Waals surface area contributed by atoms with Gasteiger partial charge in [-0.05, 0) is 72.7 Å². The summed E-state index contributed by atoms with van der Waals surface area (Å²) in [6.07, 6.45) is 1.98. The van der Waals surface area contributed by atoms with Gasteiger partial charge in [0.1, 0.15) is 17.4 Å². The zero-order valence-corrected chi connectivity index (χ0v) is 16.3. The first-order chi connectivity index (χ1) is 12.4. The summed E-state index contributed by atoms with van der Waals surface area (Å²) in [5.41, 5.74) is 2.95. The molecule has 0 atom stereocenters. The minimum Gasteiger partial charge on any atom is -0.505 e. The van der Waals surface area contributed by atoms with Crippen LogP contribution >= 0.6 is 22.6 Å². The number of hydrogen-bond acceptors (Lipinski definition) is 3. The van der Waals surface area contributed by atoms with E-state index < -0.39 is 11.6 Å². The Morgan fingerprint density at radius 2 is 1.92 bits per heavy atom. The number of hydrogen-bond donors (Lipinski definition) is 2. The van der Waals surface area contributed by atoms with E-state index in [9.17, 15) is 13.9 Å². The van der Waals surface area contributed by atoms with Gasteiger partial charge >= 0.3 is 0 Å². The molecule has 1 aliphatic carbocycles. The fourth-order valence-electron chi connectivity index (χ4n) is 3.37. The third-order valence-electron chi connectivity index (χ3n) is 4.75. The van der Waals surface area contributed by atoms with Crippen molar-refractivity contribution in [1.29, 1.82) is 0 Å². The molecule has 2 aromatic rings. The second-order valence-electron chi connectivity index (χ2n) is 6.61. The van der Waals surface area contributed by atoms with Crippen LogP contribution < -0.4 is 10.2 Å². The summed E-state index contributed by atoms with van der Waals surface area (Å²) < 4.78 is 29.4. The van der Waals surface area contributed by atoms with Crippen LogP contribution in [0.3, 0.4) is 0 Å². The summed E-state index contributed by atoms with van der Waals surface area (Å²) in [6, 6.07) is 7.78. The Bertz CT molecular complexity index is 967. The third-order valence-corrected chi connectivity index (χ3v) is 5.42. The normalized spacial score (nSPS) is 16.8. The van der Waals surface area contributed by atoms with Crippen molar-refractivity contribution in [2.45, 2.75) is 25.8 Å². The SMILES string of the molecule is C=C1C(O)=C(C)N(C2CC2)c2cc(F)cc(Nc3ccc(I)cc3F)c21. The molecule has 1 heterocycles. The number of halogens is 3. The predicted octanol–water partition coefficient (Wildman–Crippen LogP) is 6.10. The molecule has 134 valence electrons. The van der Waals surface area contributed by atoms with Crippen molar-refractivity contribution in [3.63, 3.8) is 0 Å². The molecule has 0 spiro atoms. The summed E-state index contributed by atoms with van der Waals surface area (Å²) >= 11 is 2.03. The Balaban J connectivity index is 1.86. The van der Waals surface area contributed by atoms with Crippen LogP contribution in [0.1, 0.15) is 25.3 Å². The third kappa shape index (κ3) is 2.86. The maximum Gasteiger partial charge on any atom is 0.147 e. The molecule has 2 N–H and O–H groups in total. The van der Waals surface area contributed by atoms with Crippen LogP contribution in [-0.4, -0.2) is 11.1 Å². The fourth-order valence-corrected chi connectivity index (χ4v) is 3.82. The van der Waals surface area contributed by atoms with Crippen molar-refractivity contribution in [1.82, 2.24) is 0 Å². The van der Waals surface area contributed by atoms with E-state index in [0.717, 1.165) is 16.4 Å². The number of aliphatic hydroxyl groups excluding tert-OH is 1. The van der Waals surface area contributed by atoms with Crippen LogP contribution in [0.2, 0.25) is 0 Å². The molecule has 0 aromatic heterocycles. The number of nitrogens with zero attached hydrogens (tertiary/aromatic N) is 1. The van der Waals surface area contributed by atoms with Crippen molar-refractivity contribution in [2.24, 2.45) is 0 Å². The lowest BCUT2D eigenvalue weighted by molar-refractivity contribution is 0.426. The minimum absolute atomic E-state index is 0.0853. The van der Waals surface area contributed by atoms with Crippen LogP contribution in [0.5, 0.6) is 0 Å². The van der Waals surface area contributed by atoms with Crippen LogP contribution in [0, 0.1) is 15.2 Å². The highest BCUT2D eigenvalue weighted by molar-refractivity contribution is 14.1. The van der Waals surface area contributed by atoms with Gasteiger partial charge in [0.05, 0.1) is 22.8 Å². The van der Waals surface area contributed by atoms with Crippen LogP contribution in [-0.2, 0) is 0 Å². The average Bonchev–Trinajstić information content (AvgIpc) is 3.40. The number of allylic oxidation sites excluding steroid dienone is 2. The van der Waals surface area contributed by atoms with Crippen molar-refractivity contribution in [2.75, 3.05) is 10.2 Å². The number of anilines is 3. The standard InChI is InChI=1S/C20H17F2IN2O/c1-10-19-17(24-16-6-3-13(23)9-15(16)22)7-12(21)8-18(19)25(14-4-5-14)11(2)20(10)26/h3,6-9,14,24,26H,1,4-5H2,2H3. The highest BCUT2D eigenvalue weighted by Gasteiger charge is 2.37. The first kappa shape index (κ1) is 17.3. The second kappa shape index (κ2) is 6.26. The van der Waals surface area contributed by atoms with Gasteiger partial charge < -0.3 is 15.3 Å². The molecule has 2 aromatic carbocycles. The first-order valence-corrected chi connectivity index (χ1v) is 9.39. The highest BCUT2D eigenvalue weighted by Crippen LogP contribution is 2.48. The first-order valence-electron chi connectivity index (χ1n) is 8.31. The Kier molecular flexibility index (Phi) is 4.17. The van der Waals surface area contributed by atoms with E-state index >= 15 is 0 Å². The monoisotopic (exact) mass is 466 g/mol. The average molecular weight is 466 g/mol. The van der Waals surface area contributed by atoms with Gasteiger partial charge in [-0.15, -0.1) is 0 Å². The Hall–Kier alpha value is -2.09. The smallest absolute Gasteiger partial charge is 0.147 e. The van der Waals surface area contributed by atoms with Gasteiger partial charge in [-0.25, -0.2) is 8.78 Å². The maximum atomic E-state index is 14.4. The number of rotatable bonds is 3. The molecule has 2 aliphatic rings. The number of aliphatic hydroxyl groups is 1. The number of benzene rings is 2. The molecule has 0 amide bonds. The topological polar surface area (TPSA) is 35.5 Å². The van der Waals surface area contributed by atoms with E-state index in [2.05, 4.69) is 11.9 Å². The van der Waals surface area contributed by atoms with Gasteiger partial charge in [-0.2, -0.15) is 0 Å². The molecule has 4 rings (SSSR count). The van der Waals surface area contributed by atoms with Gasteiger partial charge in [0.2, 0.25) is 0 Å². The maximum absolute atomic E-state index is 14.4. The molecular weight excluding hydrogens is 449 g/mol. The summed E-state index contributed by atoms with van der Waals surface area (Å²) in [5.74, 6) is -0.765. The molecule has 0 bridgehead atoms. The summed E-state index contributed by atoms with van der Waals surface area (Å²) in [4.78, 5) is 1.96. The molecule has 6 heteroatoms. The van der Waals surface area contributed by atoms with Gasteiger partial charge in [0, 0.05) is 20.7 Å². The van der Waals surface area contributed by atoms with E-state index in [1.807, 2.05) is 27.5 Å². The molecule has 1 saturated carbocycles. The molecule has 3 nitrogen and oxygen atoms in total. The Morgan fingerprint density at radius 1 is 1.19 bits per heavy atom. The molecular formula is C20H17F2IN2O. The van der Waals surface area contributed by atoms with Crippen molar-refractivity contribution in [3.05, 3.63) is 69.1 Å². The molecule has 0 unspecified atom stereocenters. The lowest BCUT2D eigenvalue weighted by Crippen LogP contribution is -2.29. The minimum atomic E-state index is -0.426. The predicted molar refractivity (Wildman–Crippen MR) is 109 cm³/mol. The highest BCUT2D eigenvalue weighted by atomic mass is 127. The van der Waals surface area contributed by atoms with Crippen LogP contribution in [0.15, 0.2) is 48.4 Å².